The monoisotopic (exact) mass is 220 g/mol. The summed E-state index contributed by atoms with van der Waals surface area (Å²) in [4.78, 5) is 13.2. The summed E-state index contributed by atoms with van der Waals surface area (Å²) in [6, 6.07) is 7.54. The van der Waals surface area contributed by atoms with Gasteiger partial charge in [-0.25, -0.2) is 0 Å². The first-order valence-corrected chi connectivity index (χ1v) is 5.67. The van der Waals surface area contributed by atoms with Crippen molar-refractivity contribution in [3.8, 4) is 0 Å². The fourth-order valence-electron chi connectivity index (χ4n) is 1.42. The van der Waals surface area contributed by atoms with Crippen LogP contribution in [0.5, 0.6) is 0 Å². The smallest absolute Gasteiger partial charge is 0.237 e. The van der Waals surface area contributed by atoms with E-state index in [-0.39, 0.29) is 5.91 Å². The minimum Gasteiger partial charge on any atom is -0.399 e. The molecule has 0 fully saturated rings. The van der Waals surface area contributed by atoms with Gasteiger partial charge in [0.05, 0.1) is 11.4 Å². The Hall–Kier alpha value is -1.42. The Morgan fingerprint density at radius 3 is 2.67 bits per heavy atom. The van der Waals surface area contributed by atoms with Gasteiger partial charge in [0.2, 0.25) is 5.91 Å². The van der Waals surface area contributed by atoms with Gasteiger partial charge < -0.3 is 10.6 Å². The zero-order valence-corrected chi connectivity index (χ0v) is 9.25. The molecule has 1 aliphatic rings. The number of amides is 1. The zero-order valence-electron chi connectivity index (χ0n) is 8.43. The lowest BCUT2D eigenvalue weighted by atomic mass is 10.1. The molecule has 1 aromatic carbocycles. The normalized spacial score (nSPS) is 16.5. The van der Waals surface area contributed by atoms with Crippen molar-refractivity contribution in [2.45, 2.75) is 0 Å². The number of benzene rings is 1. The SMILES string of the molecule is CN1C(=O)CSC=C1c1ccc(N)cc1. The van der Waals surface area contributed by atoms with Gasteiger partial charge in [-0.3, -0.25) is 4.79 Å². The van der Waals surface area contributed by atoms with Crippen molar-refractivity contribution in [2.75, 3.05) is 18.5 Å². The second-order valence-electron chi connectivity index (χ2n) is 3.39. The first-order valence-electron chi connectivity index (χ1n) is 4.63. The van der Waals surface area contributed by atoms with Crippen LogP contribution in [0.4, 0.5) is 5.69 Å². The lowest BCUT2D eigenvalue weighted by Gasteiger charge is -2.24. The highest BCUT2D eigenvalue weighted by molar-refractivity contribution is 8.03. The van der Waals surface area contributed by atoms with Gasteiger partial charge in [-0.05, 0) is 23.1 Å². The maximum atomic E-state index is 11.5. The van der Waals surface area contributed by atoms with E-state index in [9.17, 15) is 4.79 Å². The van der Waals surface area contributed by atoms with Crippen LogP contribution in [-0.2, 0) is 4.79 Å². The molecule has 0 bridgehead atoms. The Bertz CT molecular complexity index is 411. The summed E-state index contributed by atoms with van der Waals surface area (Å²) in [7, 11) is 1.80. The summed E-state index contributed by atoms with van der Waals surface area (Å²) in [5, 5.41) is 2.01. The molecule has 1 heterocycles. The average Bonchev–Trinajstić information content (AvgIpc) is 2.24. The molecule has 15 heavy (non-hydrogen) atoms. The fraction of sp³-hybridized carbons (Fsp3) is 0.182. The third-order valence-corrected chi connectivity index (χ3v) is 3.15. The Morgan fingerprint density at radius 2 is 2.00 bits per heavy atom. The van der Waals surface area contributed by atoms with Gasteiger partial charge in [-0.1, -0.05) is 12.1 Å². The van der Waals surface area contributed by atoms with Crippen LogP contribution in [0.25, 0.3) is 5.70 Å². The second-order valence-corrected chi connectivity index (χ2v) is 4.25. The quantitative estimate of drug-likeness (QED) is 0.734. The van der Waals surface area contributed by atoms with Crippen molar-refractivity contribution in [1.29, 1.82) is 0 Å². The molecule has 2 rings (SSSR count). The van der Waals surface area contributed by atoms with E-state index in [0.717, 1.165) is 16.9 Å². The molecule has 0 saturated carbocycles. The van der Waals surface area contributed by atoms with E-state index in [0.29, 0.717) is 5.75 Å². The van der Waals surface area contributed by atoms with Gasteiger partial charge in [-0.15, -0.1) is 11.8 Å². The summed E-state index contributed by atoms with van der Waals surface area (Å²) in [5.74, 6) is 0.656. The van der Waals surface area contributed by atoms with Gasteiger partial charge >= 0.3 is 0 Å². The van der Waals surface area contributed by atoms with Crippen molar-refractivity contribution in [3.63, 3.8) is 0 Å². The molecule has 0 unspecified atom stereocenters. The molecule has 0 saturated heterocycles. The Kier molecular flexibility index (Phi) is 2.68. The molecule has 2 N–H and O–H groups in total. The number of anilines is 1. The molecule has 3 nitrogen and oxygen atoms in total. The topological polar surface area (TPSA) is 46.3 Å². The standard InChI is InChI=1S/C11H12N2OS/c1-13-10(6-15-7-11(13)14)8-2-4-9(12)5-3-8/h2-6H,7,12H2,1H3. The van der Waals surface area contributed by atoms with Crippen molar-refractivity contribution in [2.24, 2.45) is 0 Å². The van der Waals surface area contributed by atoms with Crippen LogP contribution >= 0.6 is 11.8 Å². The van der Waals surface area contributed by atoms with Crippen molar-refractivity contribution in [3.05, 3.63) is 35.2 Å². The summed E-state index contributed by atoms with van der Waals surface area (Å²) < 4.78 is 0. The Morgan fingerprint density at radius 1 is 1.33 bits per heavy atom. The molecule has 0 aliphatic carbocycles. The van der Waals surface area contributed by atoms with Crippen LogP contribution in [0.2, 0.25) is 0 Å². The van der Waals surface area contributed by atoms with Gasteiger partial charge in [0, 0.05) is 12.7 Å². The predicted octanol–water partition coefficient (Wildman–Crippen LogP) is 1.77. The van der Waals surface area contributed by atoms with Crippen LogP contribution in [0.1, 0.15) is 5.56 Å². The maximum Gasteiger partial charge on any atom is 0.237 e. The zero-order chi connectivity index (χ0) is 10.8. The molecule has 0 radical (unpaired) electrons. The van der Waals surface area contributed by atoms with Crippen molar-refractivity contribution >= 4 is 29.1 Å². The van der Waals surface area contributed by atoms with E-state index >= 15 is 0 Å². The molecule has 1 aliphatic heterocycles. The molecule has 0 spiro atoms. The average molecular weight is 220 g/mol. The van der Waals surface area contributed by atoms with Crippen LogP contribution in [-0.4, -0.2) is 23.6 Å². The third kappa shape index (κ3) is 1.99. The number of thioether (sulfide) groups is 1. The summed E-state index contributed by atoms with van der Waals surface area (Å²) in [6.45, 7) is 0. The summed E-state index contributed by atoms with van der Waals surface area (Å²) in [6.07, 6.45) is 0. The Balaban J connectivity index is 2.34. The Labute approximate surface area is 92.9 Å². The van der Waals surface area contributed by atoms with Gasteiger partial charge in [-0.2, -0.15) is 0 Å². The molecule has 0 atom stereocenters. The molecular formula is C11H12N2OS. The highest BCUT2D eigenvalue weighted by Gasteiger charge is 2.18. The van der Waals surface area contributed by atoms with Crippen LogP contribution < -0.4 is 5.73 Å². The second kappa shape index (κ2) is 3.98. The number of rotatable bonds is 1. The van der Waals surface area contributed by atoms with Gasteiger partial charge in [0.1, 0.15) is 0 Å². The van der Waals surface area contributed by atoms with E-state index in [2.05, 4.69) is 0 Å². The van der Waals surface area contributed by atoms with Crippen LogP contribution in [0.15, 0.2) is 29.7 Å². The largest absolute Gasteiger partial charge is 0.399 e. The number of nitrogens with zero attached hydrogens (tertiary/aromatic N) is 1. The fourth-order valence-corrected chi connectivity index (χ4v) is 2.29. The maximum absolute atomic E-state index is 11.5. The lowest BCUT2D eigenvalue weighted by Crippen LogP contribution is -2.29. The summed E-state index contributed by atoms with van der Waals surface area (Å²) in [5.41, 5.74) is 8.31. The number of nitrogens with two attached hydrogens (primary N) is 1. The molecule has 0 aromatic heterocycles. The molecule has 1 aromatic rings. The van der Waals surface area contributed by atoms with Gasteiger partial charge in [0.15, 0.2) is 0 Å². The predicted molar refractivity (Wildman–Crippen MR) is 64.1 cm³/mol. The van der Waals surface area contributed by atoms with Gasteiger partial charge in [0.25, 0.3) is 0 Å². The first kappa shape index (κ1) is 10.1. The van der Waals surface area contributed by atoms with Crippen LogP contribution in [0.3, 0.4) is 0 Å². The lowest BCUT2D eigenvalue weighted by molar-refractivity contribution is -0.124. The van der Waals surface area contributed by atoms with E-state index in [1.54, 1.807) is 11.9 Å². The van der Waals surface area contributed by atoms with E-state index in [1.807, 2.05) is 29.7 Å². The minimum atomic E-state index is 0.134. The molecule has 4 heteroatoms. The third-order valence-electron chi connectivity index (χ3n) is 2.34. The molecule has 78 valence electrons. The minimum absolute atomic E-state index is 0.134. The van der Waals surface area contributed by atoms with E-state index < -0.39 is 0 Å². The highest BCUT2D eigenvalue weighted by Crippen LogP contribution is 2.27. The number of carbonyl (C=O) groups is 1. The summed E-state index contributed by atoms with van der Waals surface area (Å²) >= 11 is 1.53. The first-order chi connectivity index (χ1) is 7.18. The van der Waals surface area contributed by atoms with Crippen molar-refractivity contribution < 1.29 is 4.79 Å². The molecule has 1 amide bonds. The molecular weight excluding hydrogens is 208 g/mol. The van der Waals surface area contributed by atoms with E-state index in [4.69, 9.17) is 5.73 Å². The number of carbonyl (C=O) groups excluding carboxylic acids is 1. The van der Waals surface area contributed by atoms with E-state index in [1.165, 1.54) is 11.8 Å². The van der Waals surface area contributed by atoms with Crippen molar-refractivity contribution in [1.82, 2.24) is 4.90 Å². The van der Waals surface area contributed by atoms with Crippen LogP contribution in [0, 0.1) is 0 Å². The number of hydrogen-bond donors (Lipinski definition) is 1. The number of nitrogen functional groups attached to an aromatic ring is 1. The number of hydrogen-bond acceptors (Lipinski definition) is 3. The highest BCUT2D eigenvalue weighted by atomic mass is 32.2.